The van der Waals surface area contributed by atoms with E-state index < -0.39 is 12.7 Å². The molecule has 19 heavy (non-hydrogen) atoms. The fourth-order valence-electron chi connectivity index (χ4n) is 1.42. The molecule has 0 amide bonds. The maximum atomic E-state index is 12.1. The van der Waals surface area contributed by atoms with Crippen LogP contribution in [0.5, 0.6) is 0 Å². The summed E-state index contributed by atoms with van der Waals surface area (Å²) < 4.78 is 36.4. The highest BCUT2D eigenvalue weighted by molar-refractivity contribution is 6.29. The maximum absolute atomic E-state index is 12.1. The SMILES string of the molecule is FC(F)(F)CNc1cc(Cl)nc(-c2ccccc2)n1. The molecular weight excluding hydrogens is 279 g/mol. The van der Waals surface area contributed by atoms with Crippen LogP contribution in [-0.4, -0.2) is 22.7 Å². The van der Waals surface area contributed by atoms with Crippen molar-refractivity contribution in [3.63, 3.8) is 0 Å². The number of nitrogens with one attached hydrogen (secondary N) is 1. The summed E-state index contributed by atoms with van der Waals surface area (Å²) in [5.74, 6) is 0.314. The molecule has 1 N–H and O–H groups in total. The Balaban J connectivity index is 2.25. The Hall–Kier alpha value is -1.82. The molecule has 0 bridgehead atoms. The molecule has 3 nitrogen and oxygen atoms in total. The van der Waals surface area contributed by atoms with Gasteiger partial charge in [0.1, 0.15) is 17.5 Å². The second-order valence-corrected chi connectivity index (χ2v) is 4.12. The fourth-order valence-corrected chi connectivity index (χ4v) is 1.60. The van der Waals surface area contributed by atoms with Crippen LogP contribution in [0, 0.1) is 0 Å². The van der Waals surface area contributed by atoms with E-state index in [1.54, 1.807) is 24.3 Å². The lowest BCUT2D eigenvalue weighted by atomic mass is 10.2. The Labute approximate surface area is 112 Å². The quantitative estimate of drug-likeness (QED) is 0.873. The minimum Gasteiger partial charge on any atom is -0.361 e. The largest absolute Gasteiger partial charge is 0.405 e. The number of nitrogens with zero attached hydrogens (tertiary/aromatic N) is 2. The van der Waals surface area contributed by atoms with Crippen LogP contribution in [-0.2, 0) is 0 Å². The van der Waals surface area contributed by atoms with Crippen LogP contribution in [0.25, 0.3) is 11.4 Å². The van der Waals surface area contributed by atoms with Gasteiger partial charge in [0.25, 0.3) is 0 Å². The molecule has 0 aliphatic heterocycles. The lowest BCUT2D eigenvalue weighted by Gasteiger charge is -2.10. The number of halogens is 4. The predicted octanol–water partition coefficient (Wildman–Crippen LogP) is 3.77. The minimum atomic E-state index is -4.32. The third kappa shape index (κ3) is 4.10. The second-order valence-electron chi connectivity index (χ2n) is 3.73. The molecule has 0 aliphatic rings. The van der Waals surface area contributed by atoms with E-state index in [0.717, 1.165) is 0 Å². The van der Waals surface area contributed by atoms with Gasteiger partial charge in [0.15, 0.2) is 5.82 Å². The van der Waals surface area contributed by atoms with Gasteiger partial charge in [0.05, 0.1) is 0 Å². The first-order valence-corrected chi connectivity index (χ1v) is 5.72. The minimum absolute atomic E-state index is 0.0381. The van der Waals surface area contributed by atoms with Gasteiger partial charge in [-0.1, -0.05) is 41.9 Å². The summed E-state index contributed by atoms with van der Waals surface area (Å²) >= 11 is 5.78. The van der Waals surface area contributed by atoms with Crippen molar-refractivity contribution in [1.82, 2.24) is 9.97 Å². The second kappa shape index (κ2) is 5.44. The summed E-state index contributed by atoms with van der Waals surface area (Å²) in [5.41, 5.74) is 0.681. The summed E-state index contributed by atoms with van der Waals surface area (Å²) in [5, 5.41) is 2.26. The van der Waals surface area contributed by atoms with E-state index in [9.17, 15) is 13.2 Å². The lowest BCUT2D eigenvalue weighted by molar-refractivity contribution is -0.115. The van der Waals surface area contributed by atoms with Crippen LogP contribution in [0.1, 0.15) is 0 Å². The van der Waals surface area contributed by atoms with Gasteiger partial charge in [-0.25, -0.2) is 9.97 Å². The van der Waals surface area contributed by atoms with Crippen LogP contribution in [0.15, 0.2) is 36.4 Å². The molecule has 7 heteroatoms. The molecule has 1 aromatic carbocycles. The first-order valence-electron chi connectivity index (χ1n) is 5.35. The number of aromatic nitrogens is 2. The van der Waals surface area contributed by atoms with Gasteiger partial charge < -0.3 is 5.32 Å². The van der Waals surface area contributed by atoms with E-state index in [1.165, 1.54) is 6.07 Å². The Morgan fingerprint density at radius 3 is 2.42 bits per heavy atom. The molecule has 0 saturated heterocycles. The maximum Gasteiger partial charge on any atom is 0.405 e. The van der Waals surface area contributed by atoms with Crippen LogP contribution >= 0.6 is 11.6 Å². The highest BCUT2D eigenvalue weighted by Gasteiger charge is 2.26. The summed E-state index contributed by atoms with van der Waals surface area (Å²) in [6.45, 7) is -1.17. The lowest BCUT2D eigenvalue weighted by Crippen LogP contribution is -2.21. The molecule has 0 atom stereocenters. The molecule has 1 aromatic heterocycles. The van der Waals surface area contributed by atoms with Gasteiger partial charge >= 0.3 is 6.18 Å². The number of anilines is 1. The van der Waals surface area contributed by atoms with Gasteiger partial charge in [-0.3, -0.25) is 0 Å². The van der Waals surface area contributed by atoms with Crippen molar-refractivity contribution < 1.29 is 13.2 Å². The fraction of sp³-hybridized carbons (Fsp3) is 0.167. The number of hydrogen-bond donors (Lipinski definition) is 1. The van der Waals surface area contributed by atoms with Crippen LogP contribution in [0.3, 0.4) is 0 Å². The Morgan fingerprint density at radius 2 is 1.79 bits per heavy atom. The first kappa shape index (κ1) is 13.6. The highest BCUT2D eigenvalue weighted by atomic mass is 35.5. The molecule has 0 aliphatic carbocycles. The monoisotopic (exact) mass is 287 g/mol. The van der Waals surface area contributed by atoms with Crippen LogP contribution < -0.4 is 5.32 Å². The zero-order valence-electron chi connectivity index (χ0n) is 9.58. The van der Waals surface area contributed by atoms with Gasteiger partial charge in [0, 0.05) is 11.6 Å². The van der Waals surface area contributed by atoms with Crippen LogP contribution in [0.2, 0.25) is 5.15 Å². The van der Waals surface area contributed by atoms with Crippen molar-refractivity contribution in [2.45, 2.75) is 6.18 Å². The Bertz CT molecular complexity index is 558. The predicted molar refractivity (Wildman–Crippen MR) is 67.0 cm³/mol. The molecule has 0 saturated carbocycles. The molecule has 1 heterocycles. The van der Waals surface area contributed by atoms with Crippen molar-refractivity contribution in [2.24, 2.45) is 0 Å². The number of alkyl halides is 3. The van der Waals surface area contributed by atoms with Gasteiger partial charge in [0.2, 0.25) is 0 Å². The van der Waals surface area contributed by atoms with Crippen molar-refractivity contribution in [3.8, 4) is 11.4 Å². The van der Waals surface area contributed by atoms with E-state index in [-0.39, 0.29) is 16.8 Å². The number of rotatable bonds is 3. The zero-order chi connectivity index (χ0) is 13.9. The summed E-state index contributed by atoms with van der Waals surface area (Å²) in [6.07, 6.45) is -4.32. The number of benzene rings is 1. The van der Waals surface area contributed by atoms with Crippen molar-refractivity contribution >= 4 is 17.4 Å². The molecule has 0 fully saturated rings. The average Bonchev–Trinajstić information content (AvgIpc) is 2.36. The number of hydrogen-bond acceptors (Lipinski definition) is 3. The first-order chi connectivity index (χ1) is 8.94. The van der Waals surface area contributed by atoms with Gasteiger partial charge in [-0.2, -0.15) is 13.2 Å². The Morgan fingerprint density at radius 1 is 1.11 bits per heavy atom. The summed E-state index contributed by atoms with van der Waals surface area (Å²) in [4.78, 5) is 7.98. The molecule has 0 radical (unpaired) electrons. The molecular formula is C12H9ClF3N3. The van der Waals surface area contributed by atoms with Crippen molar-refractivity contribution in [3.05, 3.63) is 41.6 Å². The average molecular weight is 288 g/mol. The van der Waals surface area contributed by atoms with Crippen molar-refractivity contribution in [1.29, 1.82) is 0 Å². The molecule has 100 valence electrons. The van der Waals surface area contributed by atoms with Gasteiger partial charge in [-0.05, 0) is 0 Å². The van der Waals surface area contributed by atoms with Crippen LogP contribution in [0.4, 0.5) is 19.0 Å². The summed E-state index contributed by atoms with van der Waals surface area (Å²) in [7, 11) is 0. The standard InChI is InChI=1S/C12H9ClF3N3/c13-9-6-10(17-7-12(14,15)16)19-11(18-9)8-4-2-1-3-5-8/h1-6H,7H2,(H,17,18,19). The van der Waals surface area contributed by atoms with E-state index >= 15 is 0 Å². The normalized spacial score (nSPS) is 11.4. The highest BCUT2D eigenvalue weighted by Crippen LogP contribution is 2.21. The molecule has 0 unspecified atom stereocenters. The molecule has 0 spiro atoms. The summed E-state index contributed by atoms with van der Waals surface area (Å²) in [6, 6.07) is 10.1. The third-order valence-corrected chi connectivity index (χ3v) is 2.39. The smallest absolute Gasteiger partial charge is 0.361 e. The van der Waals surface area contributed by atoms with Gasteiger partial charge in [-0.15, -0.1) is 0 Å². The topological polar surface area (TPSA) is 37.8 Å². The van der Waals surface area contributed by atoms with E-state index in [2.05, 4.69) is 15.3 Å². The van der Waals surface area contributed by atoms with E-state index in [4.69, 9.17) is 11.6 Å². The third-order valence-electron chi connectivity index (χ3n) is 2.20. The zero-order valence-corrected chi connectivity index (χ0v) is 10.3. The van der Waals surface area contributed by atoms with Crippen molar-refractivity contribution in [2.75, 3.05) is 11.9 Å². The molecule has 2 rings (SSSR count). The molecule has 2 aromatic rings. The Kier molecular flexibility index (Phi) is 3.90. The van der Waals surface area contributed by atoms with E-state index in [0.29, 0.717) is 5.56 Å². The van der Waals surface area contributed by atoms with E-state index in [1.807, 2.05) is 6.07 Å².